The molecule has 46 heavy (non-hydrogen) atoms. The van der Waals surface area contributed by atoms with E-state index in [0.29, 0.717) is 28.9 Å². The van der Waals surface area contributed by atoms with Crippen molar-refractivity contribution >= 4 is 21.8 Å². The second kappa shape index (κ2) is 12.0. The minimum Gasteiger partial charge on any atom is -0.474 e. The molecule has 1 fully saturated rings. The number of carbonyl (C=O) groups excluding carboxylic acids is 1. The number of aromatic nitrogens is 5. The van der Waals surface area contributed by atoms with Gasteiger partial charge in [0.1, 0.15) is 6.10 Å². The number of carbonyl (C=O) groups is 1. The molecule has 0 N–H and O–H groups in total. The maximum Gasteiger partial charge on any atom is 0.417 e. The second-order valence-electron chi connectivity index (χ2n) is 12.2. The van der Waals surface area contributed by atoms with Gasteiger partial charge in [0, 0.05) is 52.3 Å². The van der Waals surface area contributed by atoms with Crippen LogP contribution >= 0.6 is 15.9 Å². The Kier molecular flexibility index (Phi) is 8.30. The summed E-state index contributed by atoms with van der Waals surface area (Å²) in [6.07, 6.45) is -1.01. The quantitative estimate of drug-likeness (QED) is 0.271. The molecule has 1 aromatic carbocycles. The van der Waals surface area contributed by atoms with Gasteiger partial charge in [-0.15, -0.1) is 0 Å². The largest absolute Gasteiger partial charge is 0.474 e. The summed E-state index contributed by atoms with van der Waals surface area (Å²) in [5.74, 6) is 0.0857. The maximum atomic E-state index is 14.2. The van der Waals surface area contributed by atoms with E-state index in [4.69, 9.17) is 9.72 Å². The molecule has 4 aromatic rings. The van der Waals surface area contributed by atoms with Crippen molar-refractivity contribution in [2.45, 2.75) is 70.9 Å². The van der Waals surface area contributed by atoms with E-state index in [1.807, 2.05) is 34.0 Å². The summed E-state index contributed by atoms with van der Waals surface area (Å²) in [6, 6.07) is 8.74. The molecule has 0 radical (unpaired) electrons. The van der Waals surface area contributed by atoms with Gasteiger partial charge in [-0.2, -0.15) is 18.3 Å². The highest BCUT2D eigenvalue weighted by molar-refractivity contribution is 9.10. The summed E-state index contributed by atoms with van der Waals surface area (Å²) < 4.78 is 49.7. The first-order valence-electron chi connectivity index (χ1n) is 14.9. The molecular formula is C32H33BrF3N7O3. The van der Waals surface area contributed by atoms with Crippen LogP contribution in [0.5, 0.6) is 5.88 Å². The number of hydrogen-bond donors (Lipinski definition) is 0. The molecule has 2 aliphatic rings. The minimum absolute atomic E-state index is 0.0600. The van der Waals surface area contributed by atoms with Crippen molar-refractivity contribution in [3.05, 3.63) is 91.2 Å². The van der Waals surface area contributed by atoms with E-state index in [1.165, 1.54) is 21.6 Å². The molecule has 1 aliphatic carbocycles. The van der Waals surface area contributed by atoms with Crippen LogP contribution in [-0.2, 0) is 19.1 Å². The number of nitrogens with zero attached hydrogens (tertiary/aromatic N) is 7. The molecular weight excluding hydrogens is 667 g/mol. The Balaban J connectivity index is 1.36. The van der Waals surface area contributed by atoms with E-state index in [2.05, 4.69) is 30.9 Å². The van der Waals surface area contributed by atoms with Gasteiger partial charge in [0.15, 0.2) is 0 Å². The number of fused-ring (bicyclic) bond motifs is 1. The molecule has 1 atom stereocenters. The Morgan fingerprint density at radius 3 is 2.46 bits per heavy atom. The number of benzene rings is 1. The lowest BCUT2D eigenvalue weighted by Gasteiger charge is -2.39. The fourth-order valence-electron chi connectivity index (χ4n) is 5.97. The highest BCUT2D eigenvalue weighted by Crippen LogP contribution is 2.36. The SMILES string of the molecule is Cc1cc(C)n(-c2nc3c(c(=O)n2-c2ccc(O[C@H]4C[C@@H](N(C)C)C4)nc2)CC(C)N(C(=O)c2ccc(Br)c(C(F)(F)F)c2)C3)n1. The zero-order valence-corrected chi connectivity index (χ0v) is 27.6. The molecule has 242 valence electrons. The monoisotopic (exact) mass is 699 g/mol. The first-order valence-corrected chi connectivity index (χ1v) is 15.7. The standard InChI is InChI=1S/C32H33BrF3N7O3/c1-17-10-19(3)43(39-17)31-38-27-16-41(29(44)20-6-8-26(33)25(12-20)32(34,35)36)18(2)11-24(27)30(45)42(31)21-7-9-28(37-15-21)46-23-13-22(14-23)40(4)5/h6-10,12,15,18,22-23H,11,13-14,16H2,1-5H3/t18?,22-,23+. The van der Waals surface area contributed by atoms with Crippen LogP contribution in [0.2, 0.25) is 0 Å². The van der Waals surface area contributed by atoms with Gasteiger partial charge in [0.25, 0.3) is 11.5 Å². The summed E-state index contributed by atoms with van der Waals surface area (Å²) in [7, 11) is 4.09. The summed E-state index contributed by atoms with van der Waals surface area (Å²) in [6.45, 7) is 5.37. The molecule has 1 saturated carbocycles. The van der Waals surface area contributed by atoms with Gasteiger partial charge < -0.3 is 14.5 Å². The first kappa shape index (κ1) is 31.9. The van der Waals surface area contributed by atoms with Gasteiger partial charge in [0.05, 0.1) is 35.4 Å². The van der Waals surface area contributed by atoms with E-state index in [0.717, 1.165) is 30.3 Å². The lowest BCUT2D eigenvalue weighted by Crippen LogP contribution is -2.46. The number of amides is 1. The Labute approximate surface area is 271 Å². The van der Waals surface area contributed by atoms with Crippen LogP contribution in [-0.4, -0.2) is 72.3 Å². The van der Waals surface area contributed by atoms with Crippen LogP contribution in [0, 0.1) is 13.8 Å². The van der Waals surface area contributed by atoms with Gasteiger partial charge in [-0.3, -0.25) is 9.59 Å². The van der Waals surface area contributed by atoms with Crippen LogP contribution in [0.4, 0.5) is 13.2 Å². The van der Waals surface area contributed by atoms with Crippen molar-refractivity contribution in [1.29, 1.82) is 0 Å². The fraction of sp³-hybridized carbons (Fsp3) is 0.406. The summed E-state index contributed by atoms with van der Waals surface area (Å²) in [5, 5.41) is 4.56. The average Bonchev–Trinajstić information content (AvgIpc) is 3.31. The third kappa shape index (κ3) is 5.95. The van der Waals surface area contributed by atoms with Gasteiger partial charge in [-0.25, -0.2) is 19.2 Å². The van der Waals surface area contributed by atoms with Gasteiger partial charge in [-0.1, -0.05) is 15.9 Å². The molecule has 1 aliphatic heterocycles. The van der Waals surface area contributed by atoms with Crippen molar-refractivity contribution in [1.82, 2.24) is 34.1 Å². The zero-order valence-electron chi connectivity index (χ0n) is 26.0. The normalized spacial score (nSPS) is 19.6. The first-order chi connectivity index (χ1) is 21.7. The maximum absolute atomic E-state index is 14.2. The summed E-state index contributed by atoms with van der Waals surface area (Å²) in [4.78, 5) is 40.8. The predicted octanol–water partition coefficient (Wildman–Crippen LogP) is 5.27. The molecule has 1 amide bonds. The minimum atomic E-state index is -4.64. The van der Waals surface area contributed by atoms with Crippen molar-refractivity contribution < 1.29 is 22.7 Å². The summed E-state index contributed by atoms with van der Waals surface area (Å²) in [5.41, 5.74) is 1.31. The van der Waals surface area contributed by atoms with E-state index < -0.39 is 23.7 Å². The highest BCUT2D eigenvalue weighted by Gasteiger charge is 2.36. The van der Waals surface area contributed by atoms with Crippen molar-refractivity contribution in [2.24, 2.45) is 0 Å². The molecule has 6 rings (SSSR count). The van der Waals surface area contributed by atoms with Crippen molar-refractivity contribution in [3.63, 3.8) is 0 Å². The Hall–Kier alpha value is -4.04. The number of ether oxygens (including phenoxy) is 1. The zero-order chi connectivity index (χ0) is 33.1. The van der Waals surface area contributed by atoms with Gasteiger partial charge in [0.2, 0.25) is 11.8 Å². The molecule has 4 heterocycles. The smallest absolute Gasteiger partial charge is 0.417 e. The molecule has 1 unspecified atom stereocenters. The van der Waals surface area contributed by atoms with Crippen LogP contribution in [0.1, 0.15) is 58.3 Å². The molecule has 0 saturated heterocycles. The average molecular weight is 701 g/mol. The summed E-state index contributed by atoms with van der Waals surface area (Å²) >= 11 is 2.93. The number of halogens is 4. The van der Waals surface area contributed by atoms with E-state index >= 15 is 0 Å². The van der Waals surface area contributed by atoms with Gasteiger partial charge in [-0.05, 0) is 71.6 Å². The van der Waals surface area contributed by atoms with E-state index in [1.54, 1.807) is 29.9 Å². The fourth-order valence-corrected chi connectivity index (χ4v) is 6.44. The van der Waals surface area contributed by atoms with Crippen LogP contribution < -0.4 is 10.3 Å². The molecule has 14 heteroatoms. The second-order valence-corrected chi connectivity index (χ2v) is 13.0. The highest BCUT2D eigenvalue weighted by atomic mass is 79.9. The predicted molar refractivity (Wildman–Crippen MR) is 168 cm³/mol. The number of aryl methyl sites for hydroxylation is 2. The molecule has 0 bridgehead atoms. The number of alkyl halides is 3. The van der Waals surface area contributed by atoms with Crippen molar-refractivity contribution in [2.75, 3.05) is 14.1 Å². The molecule has 3 aromatic heterocycles. The molecule has 10 nitrogen and oxygen atoms in total. The third-order valence-corrected chi connectivity index (χ3v) is 9.33. The lowest BCUT2D eigenvalue weighted by molar-refractivity contribution is -0.138. The topological polar surface area (TPSA) is 98.4 Å². The number of rotatable bonds is 6. The van der Waals surface area contributed by atoms with Crippen LogP contribution in [0.3, 0.4) is 0 Å². The Morgan fingerprint density at radius 2 is 1.85 bits per heavy atom. The van der Waals surface area contributed by atoms with E-state index in [-0.39, 0.29) is 40.6 Å². The Morgan fingerprint density at radius 1 is 1.11 bits per heavy atom. The van der Waals surface area contributed by atoms with Crippen LogP contribution in [0.25, 0.3) is 11.6 Å². The van der Waals surface area contributed by atoms with Crippen molar-refractivity contribution in [3.8, 4) is 17.5 Å². The molecule has 0 spiro atoms. The van der Waals surface area contributed by atoms with E-state index in [9.17, 15) is 22.8 Å². The number of hydrogen-bond acceptors (Lipinski definition) is 7. The lowest BCUT2D eigenvalue weighted by atomic mass is 9.88. The van der Waals surface area contributed by atoms with Gasteiger partial charge >= 0.3 is 6.18 Å². The third-order valence-electron chi connectivity index (χ3n) is 8.64. The Bertz CT molecular complexity index is 1860. The number of pyridine rings is 1. The van der Waals surface area contributed by atoms with Crippen LogP contribution in [0.15, 0.2) is 51.9 Å².